The topological polar surface area (TPSA) is 38.3 Å². The van der Waals surface area contributed by atoms with Gasteiger partial charge in [0.15, 0.2) is 0 Å². The Bertz CT molecular complexity index is 461. The normalized spacial score (nSPS) is 22.3. The maximum Gasteiger partial charge on any atom is 0.340 e. The Balaban J connectivity index is 2.22. The van der Waals surface area contributed by atoms with E-state index in [1.807, 2.05) is 0 Å². The molecular formula is C15H20FNO2. The Morgan fingerprint density at radius 3 is 2.95 bits per heavy atom. The summed E-state index contributed by atoms with van der Waals surface area (Å²) in [6.45, 7) is 2.18. The summed E-state index contributed by atoms with van der Waals surface area (Å²) in [6.07, 6.45) is 4.62. The van der Waals surface area contributed by atoms with E-state index in [4.69, 9.17) is 4.74 Å². The van der Waals surface area contributed by atoms with Crippen molar-refractivity contribution in [3.63, 3.8) is 0 Å². The summed E-state index contributed by atoms with van der Waals surface area (Å²) in [5.74, 6) is -0.312. The van der Waals surface area contributed by atoms with Gasteiger partial charge in [0.25, 0.3) is 0 Å². The first kappa shape index (κ1) is 13.8. The van der Waals surface area contributed by atoms with Gasteiger partial charge < -0.3 is 10.1 Å². The Hall–Kier alpha value is -1.58. The fourth-order valence-corrected chi connectivity index (χ4v) is 2.84. The van der Waals surface area contributed by atoms with E-state index in [-0.39, 0.29) is 5.56 Å². The van der Waals surface area contributed by atoms with Crippen molar-refractivity contribution < 1.29 is 13.9 Å². The van der Waals surface area contributed by atoms with Crippen LogP contribution >= 0.6 is 0 Å². The molecule has 1 aliphatic rings. The number of hydrogen-bond donors (Lipinski definition) is 1. The Morgan fingerprint density at radius 2 is 2.26 bits per heavy atom. The molecule has 1 aromatic rings. The van der Waals surface area contributed by atoms with E-state index in [0.717, 1.165) is 12.8 Å². The fraction of sp³-hybridized carbons (Fsp3) is 0.533. The van der Waals surface area contributed by atoms with E-state index in [2.05, 4.69) is 12.2 Å². The second kappa shape index (κ2) is 6.04. The molecule has 0 heterocycles. The molecule has 3 nitrogen and oxygen atoms in total. The van der Waals surface area contributed by atoms with E-state index >= 15 is 0 Å². The lowest BCUT2D eigenvalue weighted by Gasteiger charge is -2.22. The Kier molecular flexibility index (Phi) is 4.40. The zero-order valence-electron chi connectivity index (χ0n) is 11.4. The monoisotopic (exact) mass is 265 g/mol. The van der Waals surface area contributed by atoms with Gasteiger partial charge in [-0.15, -0.1) is 0 Å². The van der Waals surface area contributed by atoms with Crippen LogP contribution in [0.5, 0.6) is 0 Å². The summed E-state index contributed by atoms with van der Waals surface area (Å²) in [7, 11) is 1.31. The standard InChI is InChI=1S/C15H20FNO2/c1-3-10-5-4-6-13(10)17-14-8-7-11(16)9-12(14)15(18)19-2/h7-10,13,17H,3-6H2,1-2H3. The molecular weight excluding hydrogens is 245 g/mol. The van der Waals surface area contributed by atoms with Gasteiger partial charge in [-0.1, -0.05) is 19.8 Å². The highest BCUT2D eigenvalue weighted by atomic mass is 19.1. The molecule has 4 heteroatoms. The minimum atomic E-state index is -0.506. The van der Waals surface area contributed by atoms with Crippen molar-refractivity contribution in [2.45, 2.75) is 38.6 Å². The summed E-state index contributed by atoms with van der Waals surface area (Å²) in [6, 6.07) is 4.57. The van der Waals surface area contributed by atoms with Crippen LogP contribution in [0.4, 0.5) is 10.1 Å². The predicted molar refractivity (Wildman–Crippen MR) is 72.8 cm³/mol. The van der Waals surface area contributed by atoms with Crippen molar-refractivity contribution in [1.82, 2.24) is 0 Å². The molecule has 0 aliphatic heterocycles. The number of halogens is 1. The van der Waals surface area contributed by atoms with Crippen molar-refractivity contribution in [3.05, 3.63) is 29.6 Å². The van der Waals surface area contributed by atoms with E-state index in [9.17, 15) is 9.18 Å². The first-order chi connectivity index (χ1) is 9.15. The second-order valence-electron chi connectivity index (χ2n) is 5.03. The molecule has 0 radical (unpaired) electrons. The maximum atomic E-state index is 13.3. The van der Waals surface area contributed by atoms with Gasteiger partial charge in [0.05, 0.1) is 12.7 Å². The van der Waals surface area contributed by atoms with Gasteiger partial charge >= 0.3 is 5.97 Å². The highest BCUT2D eigenvalue weighted by molar-refractivity contribution is 5.95. The van der Waals surface area contributed by atoms with Crippen molar-refractivity contribution in [2.75, 3.05) is 12.4 Å². The molecule has 1 aliphatic carbocycles. The average Bonchev–Trinajstić information content (AvgIpc) is 2.87. The molecule has 1 N–H and O–H groups in total. The van der Waals surface area contributed by atoms with Crippen LogP contribution in [0, 0.1) is 11.7 Å². The highest BCUT2D eigenvalue weighted by Gasteiger charge is 2.26. The number of hydrogen-bond acceptors (Lipinski definition) is 3. The third-order valence-electron chi connectivity index (χ3n) is 3.91. The van der Waals surface area contributed by atoms with Crippen LogP contribution in [0.1, 0.15) is 43.0 Å². The van der Waals surface area contributed by atoms with Crippen molar-refractivity contribution in [1.29, 1.82) is 0 Å². The zero-order valence-corrected chi connectivity index (χ0v) is 11.4. The molecule has 0 saturated heterocycles. The number of nitrogens with one attached hydrogen (secondary N) is 1. The van der Waals surface area contributed by atoms with Crippen LogP contribution in [0.25, 0.3) is 0 Å². The van der Waals surface area contributed by atoms with Gasteiger partial charge in [-0.2, -0.15) is 0 Å². The van der Waals surface area contributed by atoms with Gasteiger partial charge in [-0.25, -0.2) is 9.18 Å². The average molecular weight is 265 g/mol. The van der Waals surface area contributed by atoms with Gasteiger partial charge in [-0.3, -0.25) is 0 Å². The van der Waals surface area contributed by atoms with Crippen LogP contribution < -0.4 is 5.32 Å². The third kappa shape index (κ3) is 3.06. The zero-order chi connectivity index (χ0) is 13.8. The maximum absolute atomic E-state index is 13.3. The van der Waals surface area contributed by atoms with Crippen LogP contribution in [0.15, 0.2) is 18.2 Å². The van der Waals surface area contributed by atoms with Crippen LogP contribution in [-0.4, -0.2) is 19.1 Å². The summed E-state index contributed by atoms with van der Waals surface area (Å²) in [4.78, 5) is 11.7. The van der Waals surface area contributed by atoms with Crippen LogP contribution in [0.3, 0.4) is 0 Å². The number of rotatable bonds is 4. The minimum Gasteiger partial charge on any atom is -0.465 e. The number of carbonyl (C=O) groups is 1. The van der Waals surface area contributed by atoms with Gasteiger partial charge in [0.1, 0.15) is 5.82 Å². The van der Waals surface area contributed by atoms with E-state index in [0.29, 0.717) is 17.6 Å². The van der Waals surface area contributed by atoms with Crippen molar-refractivity contribution >= 4 is 11.7 Å². The number of anilines is 1. The number of ether oxygens (including phenoxy) is 1. The van der Waals surface area contributed by atoms with E-state index in [1.54, 1.807) is 6.07 Å². The summed E-state index contributed by atoms with van der Waals surface area (Å²) in [5, 5.41) is 3.39. The van der Waals surface area contributed by atoms with Gasteiger partial charge in [0.2, 0.25) is 0 Å². The molecule has 1 aromatic carbocycles. The van der Waals surface area contributed by atoms with E-state index in [1.165, 1.54) is 32.1 Å². The summed E-state index contributed by atoms with van der Waals surface area (Å²) in [5.41, 5.74) is 0.933. The minimum absolute atomic E-state index is 0.268. The molecule has 2 rings (SSSR count). The molecule has 0 aromatic heterocycles. The van der Waals surface area contributed by atoms with Crippen molar-refractivity contribution in [2.24, 2.45) is 5.92 Å². The van der Waals surface area contributed by atoms with E-state index < -0.39 is 11.8 Å². The van der Waals surface area contributed by atoms with Crippen LogP contribution in [-0.2, 0) is 4.74 Å². The first-order valence-corrected chi connectivity index (χ1v) is 6.80. The summed E-state index contributed by atoms with van der Waals surface area (Å²) >= 11 is 0. The smallest absolute Gasteiger partial charge is 0.340 e. The van der Waals surface area contributed by atoms with Crippen molar-refractivity contribution in [3.8, 4) is 0 Å². The predicted octanol–water partition coefficient (Wildman–Crippen LogP) is 3.60. The van der Waals surface area contributed by atoms with Gasteiger partial charge in [-0.05, 0) is 37.0 Å². The molecule has 0 spiro atoms. The number of benzene rings is 1. The number of carbonyl (C=O) groups excluding carboxylic acids is 1. The molecule has 1 fully saturated rings. The Labute approximate surface area is 113 Å². The third-order valence-corrected chi connectivity index (χ3v) is 3.91. The molecule has 2 atom stereocenters. The lowest BCUT2D eigenvalue weighted by atomic mass is 10.00. The van der Waals surface area contributed by atoms with Crippen LogP contribution in [0.2, 0.25) is 0 Å². The SMILES string of the molecule is CCC1CCCC1Nc1ccc(F)cc1C(=O)OC. The quantitative estimate of drug-likeness (QED) is 0.845. The lowest BCUT2D eigenvalue weighted by molar-refractivity contribution is 0.0601. The number of methoxy groups -OCH3 is 1. The molecule has 2 unspecified atom stereocenters. The molecule has 1 saturated carbocycles. The molecule has 104 valence electrons. The fourth-order valence-electron chi connectivity index (χ4n) is 2.84. The molecule has 19 heavy (non-hydrogen) atoms. The summed E-state index contributed by atoms with van der Waals surface area (Å²) < 4.78 is 18.0. The highest BCUT2D eigenvalue weighted by Crippen LogP contribution is 2.31. The second-order valence-corrected chi connectivity index (χ2v) is 5.03. The molecule has 0 bridgehead atoms. The molecule has 0 amide bonds. The van der Waals surface area contributed by atoms with Gasteiger partial charge in [0, 0.05) is 11.7 Å². The lowest BCUT2D eigenvalue weighted by Crippen LogP contribution is -2.24. The first-order valence-electron chi connectivity index (χ1n) is 6.80. The largest absolute Gasteiger partial charge is 0.465 e. The number of esters is 1. The Morgan fingerprint density at radius 1 is 1.47 bits per heavy atom.